The molecule has 0 amide bonds. The Hall–Kier alpha value is -1.59. The Kier molecular flexibility index (Phi) is 8.03. The van der Waals surface area contributed by atoms with E-state index in [-0.39, 0.29) is 4.90 Å². The summed E-state index contributed by atoms with van der Waals surface area (Å²) in [7, 11) is -3.59. The fraction of sp³-hybridized carbons (Fsp3) is 0.619. The third-order valence-electron chi connectivity index (χ3n) is 5.06. The molecule has 2 aromatic rings. The lowest BCUT2D eigenvalue weighted by molar-refractivity contribution is -0.929. The van der Waals surface area contributed by atoms with Crippen LogP contribution in [0.25, 0.3) is 11.5 Å². The number of rotatable bonds is 9. The molecule has 1 N–H and O–H groups in total. The highest BCUT2D eigenvalue weighted by Crippen LogP contribution is 2.24. The summed E-state index contributed by atoms with van der Waals surface area (Å²) in [4.78, 5) is 1.89. The van der Waals surface area contributed by atoms with Gasteiger partial charge in [0.15, 0.2) is 6.67 Å². The lowest BCUT2D eigenvalue weighted by Gasteiger charge is -2.26. The van der Waals surface area contributed by atoms with Crippen LogP contribution in [0, 0.1) is 16.7 Å². The first kappa shape index (κ1) is 24.1. The molecule has 1 fully saturated rings. The topological polar surface area (TPSA) is 82.0 Å². The van der Waals surface area contributed by atoms with Crippen LogP contribution in [0.5, 0.6) is 0 Å². The minimum Gasteiger partial charge on any atom is -0.409 e. The van der Waals surface area contributed by atoms with Gasteiger partial charge in [0.25, 0.3) is 4.84 Å². The van der Waals surface area contributed by atoms with E-state index < -0.39 is 10.0 Å². The van der Waals surface area contributed by atoms with Gasteiger partial charge < -0.3 is 14.1 Å². The molecule has 0 aliphatic carbocycles. The Morgan fingerprint density at radius 2 is 1.77 bits per heavy atom. The van der Waals surface area contributed by atoms with Crippen molar-refractivity contribution >= 4 is 22.2 Å². The van der Waals surface area contributed by atoms with Gasteiger partial charge in [0.05, 0.1) is 31.2 Å². The molecular formula is C21H33N4O4S2+. The maximum absolute atomic E-state index is 13.0. The molecule has 0 saturated carbocycles. The predicted molar refractivity (Wildman–Crippen MR) is 121 cm³/mol. The summed E-state index contributed by atoms with van der Waals surface area (Å²) in [6.07, 6.45) is 0. The molecule has 3 rings (SSSR count). The van der Waals surface area contributed by atoms with Gasteiger partial charge in [0, 0.05) is 30.5 Å². The number of benzene rings is 1. The summed E-state index contributed by atoms with van der Waals surface area (Å²) in [6.45, 7) is 13.0. The number of nitrogens with zero attached hydrogens (tertiary/aromatic N) is 3. The van der Waals surface area contributed by atoms with Gasteiger partial charge in [-0.15, -0.1) is 5.10 Å². The minimum atomic E-state index is -3.59. The summed E-state index contributed by atoms with van der Waals surface area (Å²) in [5, 5.41) is 4.57. The van der Waals surface area contributed by atoms with Crippen LogP contribution in [0.1, 0.15) is 27.7 Å². The minimum absolute atomic E-state index is 0.217. The zero-order valence-electron chi connectivity index (χ0n) is 18.7. The van der Waals surface area contributed by atoms with Gasteiger partial charge in [-0.2, -0.15) is 8.99 Å². The van der Waals surface area contributed by atoms with Crippen molar-refractivity contribution in [2.24, 2.45) is 11.8 Å². The third-order valence-corrected chi connectivity index (χ3v) is 7.25. The SMILES string of the molecule is CC(C)C[NH+](CC(C)C)Cn1nc(-c2cccc(S(=O)(=O)N3CCOCC3)c2)oc1=S. The van der Waals surface area contributed by atoms with Crippen LogP contribution >= 0.6 is 12.2 Å². The monoisotopic (exact) mass is 469 g/mol. The lowest BCUT2D eigenvalue weighted by Crippen LogP contribution is -3.12. The van der Waals surface area contributed by atoms with E-state index in [1.807, 2.05) is 0 Å². The summed E-state index contributed by atoms with van der Waals surface area (Å²) in [6, 6.07) is 6.69. The van der Waals surface area contributed by atoms with E-state index in [2.05, 4.69) is 32.8 Å². The standard InChI is InChI=1S/C21H32N4O4S2/c1-16(2)13-23(14-17(3)4)15-25-21(30)29-20(22-25)18-6-5-7-19(12-18)31(26,27)24-8-10-28-11-9-24/h5-7,12,16-17H,8-11,13-15H2,1-4H3/p+1. The van der Waals surface area contributed by atoms with Gasteiger partial charge in [-0.25, -0.2) is 8.42 Å². The number of hydrogen-bond acceptors (Lipinski definition) is 6. The molecular weight excluding hydrogens is 436 g/mol. The van der Waals surface area contributed by atoms with E-state index in [9.17, 15) is 8.42 Å². The van der Waals surface area contributed by atoms with Crippen LogP contribution in [0.4, 0.5) is 0 Å². The third kappa shape index (κ3) is 6.23. The van der Waals surface area contributed by atoms with Crippen molar-refractivity contribution in [1.82, 2.24) is 14.1 Å². The highest BCUT2D eigenvalue weighted by molar-refractivity contribution is 7.89. The molecule has 0 atom stereocenters. The van der Waals surface area contributed by atoms with Gasteiger partial charge in [0.2, 0.25) is 15.9 Å². The first-order chi connectivity index (χ1) is 14.7. The van der Waals surface area contributed by atoms with Crippen LogP contribution in [-0.4, -0.2) is 61.9 Å². The second-order valence-corrected chi connectivity index (χ2v) is 11.1. The predicted octanol–water partition coefficient (Wildman–Crippen LogP) is 2.05. The van der Waals surface area contributed by atoms with Gasteiger partial charge in [-0.05, 0) is 30.4 Å². The van der Waals surface area contributed by atoms with Crippen molar-refractivity contribution in [3.8, 4) is 11.5 Å². The molecule has 1 aromatic carbocycles. The zero-order chi connectivity index (χ0) is 22.6. The van der Waals surface area contributed by atoms with Crippen molar-refractivity contribution in [2.45, 2.75) is 39.3 Å². The fourth-order valence-corrected chi connectivity index (χ4v) is 5.47. The molecule has 0 unspecified atom stereocenters. The Labute approximate surface area is 189 Å². The molecule has 1 aliphatic rings. The van der Waals surface area contributed by atoms with Crippen LogP contribution < -0.4 is 4.90 Å². The van der Waals surface area contributed by atoms with Crippen LogP contribution in [0.15, 0.2) is 33.6 Å². The Morgan fingerprint density at radius 3 is 2.39 bits per heavy atom. The Morgan fingerprint density at radius 1 is 1.13 bits per heavy atom. The van der Waals surface area contributed by atoms with Crippen molar-refractivity contribution in [2.75, 3.05) is 39.4 Å². The molecule has 31 heavy (non-hydrogen) atoms. The molecule has 1 aliphatic heterocycles. The number of morpholine rings is 1. The smallest absolute Gasteiger partial charge is 0.292 e. The van der Waals surface area contributed by atoms with Crippen molar-refractivity contribution in [3.05, 3.63) is 29.1 Å². The van der Waals surface area contributed by atoms with E-state index >= 15 is 0 Å². The number of quaternary nitrogens is 1. The number of nitrogens with one attached hydrogen (secondary N) is 1. The summed E-state index contributed by atoms with van der Waals surface area (Å²) >= 11 is 5.41. The molecule has 1 saturated heterocycles. The lowest BCUT2D eigenvalue weighted by atomic mass is 10.1. The molecule has 1 aromatic heterocycles. The van der Waals surface area contributed by atoms with Crippen molar-refractivity contribution < 1.29 is 22.5 Å². The van der Waals surface area contributed by atoms with Crippen molar-refractivity contribution in [1.29, 1.82) is 0 Å². The number of ether oxygens (including phenoxy) is 1. The van der Waals surface area contributed by atoms with Gasteiger partial charge in [-0.3, -0.25) is 0 Å². The molecule has 8 nitrogen and oxygen atoms in total. The van der Waals surface area contributed by atoms with Gasteiger partial charge in [-0.1, -0.05) is 33.8 Å². The summed E-state index contributed by atoms with van der Waals surface area (Å²) in [5.41, 5.74) is 0.591. The highest BCUT2D eigenvalue weighted by atomic mass is 32.2. The van der Waals surface area contributed by atoms with E-state index in [4.69, 9.17) is 21.4 Å². The molecule has 0 radical (unpaired) electrons. The molecule has 172 valence electrons. The van der Waals surface area contributed by atoms with Crippen LogP contribution in [0.3, 0.4) is 0 Å². The molecule has 10 heteroatoms. The molecule has 0 spiro atoms. The summed E-state index contributed by atoms with van der Waals surface area (Å²) < 4.78 is 40.1. The number of sulfonamides is 1. The van der Waals surface area contributed by atoms with Gasteiger partial charge in [0.1, 0.15) is 0 Å². The van der Waals surface area contributed by atoms with E-state index in [0.717, 1.165) is 13.1 Å². The van der Waals surface area contributed by atoms with E-state index in [1.54, 1.807) is 28.9 Å². The first-order valence-electron chi connectivity index (χ1n) is 10.8. The number of hydrogen-bond donors (Lipinski definition) is 1. The quantitative estimate of drug-likeness (QED) is 0.566. The van der Waals surface area contributed by atoms with Crippen LogP contribution in [-0.2, 0) is 21.4 Å². The van der Waals surface area contributed by atoms with Crippen molar-refractivity contribution in [3.63, 3.8) is 0 Å². The van der Waals surface area contributed by atoms with E-state index in [1.165, 1.54) is 9.21 Å². The largest absolute Gasteiger partial charge is 0.409 e. The maximum atomic E-state index is 13.0. The molecule has 0 bridgehead atoms. The average Bonchev–Trinajstić information content (AvgIpc) is 3.08. The second kappa shape index (κ2) is 10.4. The second-order valence-electron chi connectivity index (χ2n) is 8.82. The Balaban J connectivity index is 1.84. The normalized spacial score (nSPS) is 16.0. The molecule has 2 heterocycles. The van der Waals surface area contributed by atoms with Gasteiger partial charge >= 0.3 is 0 Å². The fourth-order valence-electron chi connectivity index (χ4n) is 3.83. The first-order valence-corrected chi connectivity index (χ1v) is 12.6. The Bertz CT molecular complexity index is 1010. The number of aromatic nitrogens is 2. The maximum Gasteiger partial charge on any atom is 0.292 e. The zero-order valence-corrected chi connectivity index (χ0v) is 20.3. The average molecular weight is 470 g/mol. The van der Waals surface area contributed by atoms with E-state index in [0.29, 0.717) is 61.1 Å². The summed E-state index contributed by atoms with van der Waals surface area (Å²) in [5.74, 6) is 1.44. The van der Waals surface area contributed by atoms with Crippen LogP contribution in [0.2, 0.25) is 0 Å². The highest BCUT2D eigenvalue weighted by Gasteiger charge is 2.27.